The molecular weight excluding hydrogens is 776 g/mol. The van der Waals surface area contributed by atoms with Crippen molar-refractivity contribution in [3.63, 3.8) is 0 Å². The average molecular weight is 829 g/mol. The van der Waals surface area contributed by atoms with Crippen LogP contribution in [0.25, 0.3) is 0 Å². The highest BCUT2D eigenvalue weighted by Gasteiger charge is 2.57. The van der Waals surface area contributed by atoms with Crippen molar-refractivity contribution in [2.24, 2.45) is 0 Å². The van der Waals surface area contributed by atoms with Gasteiger partial charge in [0, 0.05) is 0 Å². The minimum atomic E-state index is -2.16. The van der Waals surface area contributed by atoms with Gasteiger partial charge in [0.1, 0.15) is 122 Å². The molecule has 0 spiro atoms. The number of aliphatic hydroxyl groups excluding tert-OH is 17. The summed E-state index contributed by atoms with van der Waals surface area (Å²) >= 11 is 0. The molecule has 5 rings (SSSR count). The molecule has 0 radical (unpaired) electrons. The molecule has 0 saturated carbocycles. The second-order valence-corrected chi connectivity index (χ2v) is 13.9. The van der Waals surface area contributed by atoms with Crippen LogP contribution in [0.1, 0.15) is 0 Å². The van der Waals surface area contributed by atoms with Gasteiger partial charge in [0.05, 0.1) is 33.0 Å². The third-order valence-electron chi connectivity index (χ3n) is 10.3. The number of rotatable bonds is 13. The van der Waals surface area contributed by atoms with Crippen molar-refractivity contribution in [1.29, 1.82) is 0 Å². The number of ether oxygens (including phenoxy) is 9. The maximum atomic E-state index is 11.7. The summed E-state index contributed by atoms with van der Waals surface area (Å²) in [4.78, 5) is 0. The molecule has 0 aromatic rings. The molecular formula is C30H52O26. The molecule has 0 unspecified atom stereocenters. The molecule has 5 aliphatic rings. The lowest BCUT2D eigenvalue weighted by Crippen LogP contribution is -2.68. The topological polar surface area (TPSA) is 427 Å². The molecule has 5 heterocycles. The molecule has 5 saturated heterocycles. The fraction of sp³-hybridized carbons (Fsp3) is 1.00. The highest BCUT2D eigenvalue weighted by molar-refractivity contribution is 4.99. The van der Waals surface area contributed by atoms with Gasteiger partial charge in [0.15, 0.2) is 31.5 Å². The Kier molecular flexibility index (Phi) is 16.1. The van der Waals surface area contributed by atoms with Crippen molar-refractivity contribution in [3.05, 3.63) is 0 Å². The molecule has 56 heavy (non-hydrogen) atoms. The second-order valence-electron chi connectivity index (χ2n) is 13.9. The molecule has 328 valence electrons. The van der Waals surface area contributed by atoms with E-state index in [9.17, 15) is 86.8 Å². The first-order valence-corrected chi connectivity index (χ1v) is 17.6. The van der Waals surface area contributed by atoms with Gasteiger partial charge in [-0.15, -0.1) is 0 Å². The Hall–Kier alpha value is -1.04. The van der Waals surface area contributed by atoms with Gasteiger partial charge in [0.25, 0.3) is 0 Å². The highest BCUT2D eigenvalue weighted by atomic mass is 16.8. The third-order valence-corrected chi connectivity index (χ3v) is 10.3. The van der Waals surface area contributed by atoms with Crippen LogP contribution in [0.3, 0.4) is 0 Å². The summed E-state index contributed by atoms with van der Waals surface area (Å²) in [5, 5.41) is 176. The zero-order valence-electron chi connectivity index (χ0n) is 29.2. The second kappa shape index (κ2) is 19.6. The van der Waals surface area contributed by atoms with Crippen LogP contribution in [-0.4, -0.2) is 273 Å². The van der Waals surface area contributed by atoms with Gasteiger partial charge in [-0.2, -0.15) is 0 Å². The molecule has 17 N–H and O–H groups in total. The van der Waals surface area contributed by atoms with E-state index in [1.165, 1.54) is 0 Å². The summed E-state index contributed by atoms with van der Waals surface area (Å²) in [6.45, 7) is -4.65. The maximum absolute atomic E-state index is 11.7. The third kappa shape index (κ3) is 9.16. The van der Waals surface area contributed by atoms with Gasteiger partial charge in [0.2, 0.25) is 0 Å². The molecule has 5 fully saturated rings. The smallest absolute Gasteiger partial charge is 0.187 e. The predicted octanol–water partition coefficient (Wildman–Crippen LogP) is -11.9. The van der Waals surface area contributed by atoms with E-state index >= 15 is 0 Å². The van der Waals surface area contributed by atoms with Crippen LogP contribution >= 0.6 is 0 Å². The molecule has 26 heteroatoms. The molecule has 5 aliphatic heterocycles. The van der Waals surface area contributed by atoms with Crippen molar-refractivity contribution in [2.45, 2.75) is 154 Å². The first kappa shape index (κ1) is 46.0. The molecule has 0 aliphatic carbocycles. The fourth-order valence-electron chi connectivity index (χ4n) is 7.01. The number of hydrogen-bond donors (Lipinski definition) is 17. The molecule has 25 atom stereocenters. The van der Waals surface area contributed by atoms with E-state index in [4.69, 9.17) is 42.6 Å². The van der Waals surface area contributed by atoms with E-state index in [0.29, 0.717) is 0 Å². The SMILES string of the molecule is OC[C@H]1O[C@H](O[C@H]2[C@@H](O[C@H]3[C@H](O)[C@@H](O)[C@@H](O)O[C@@H]3CO)O[C@H](CO)[C@@H](O[C@H]3O[C@H](CO)[C@@H](O[C@H]4O[C@H](CO)[C@@H](O)[C@H](O)[C@H]4O)[C@H](O)[C@H]3O)[C@@H]2O)[C@H](O)[C@@H](O)[C@@H]1O. The van der Waals surface area contributed by atoms with Crippen LogP contribution in [0.2, 0.25) is 0 Å². The Morgan fingerprint density at radius 2 is 0.571 bits per heavy atom. The van der Waals surface area contributed by atoms with E-state index in [1.807, 2.05) is 0 Å². The maximum Gasteiger partial charge on any atom is 0.187 e. The van der Waals surface area contributed by atoms with E-state index in [2.05, 4.69) is 0 Å². The van der Waals surface area contributed by atoms with Gasteiger partial charge >= 0.3 is 0 Å². The molecule has 0 bridgehead atoms. The molecule has 0 aromatic carbocycles. The van der Waals surface area contributed by atoms with Crippen LogP contribution in [0.4, 0.5) is 0 Å². The van der Waals surface area contributed by atoms with E-state index in [1.54, 1.807) is 0 Å². The zero-order valence-corrected chi connectivity index (χ0v) is 29.2. The first-order chi connectivity index (χ1) is 26.5. The van der Waals surface area contributed by atoms with Crippen LogP contribution < -0.4 is 0 Å². The van der Waals surface area contributed by atoms with E-state index in [0.717, 1.165) is 0 Å². The van der Waals surface area contributed by atoms with Crippen LogP contribution in [0.5, 0.6) is 0 Å². The standard InChI is InChI=1S/C30H52O26/c31-1-6-11(36)13(38)18(43)27(49-6)53-23-9(4-34)51-29(20(45)16(23)41)54-24-10(5-35)52-30(55-22-8(3-33)48-26(47)17(42)15(22)40)25(21(24)46)56-28-19(44)14(39)12(37)7(2-32)50-28/h6-47H,1-5H2/t6-,7-,8-,9-,10-,11-,12-,13+,14+,15-,16-,17-,18-,19-,20-,21+,22-,23-,24-,25-,26+,27-,28-,29-,30-/m1/s1. The number of aliphatic hydroxyl groups is 17. The lowest BCUT2D eigenvalue weighted by Gasteiger charge is -2.50. The Morgan fingerprint density at radius 1 is 0.268 bits per heavy atom. The van der Waals surface area contributed by atoms with Gasteiger partial charge in [-0.1, -0.05) is 0 Å². The fourth-order valence-corrected chi connectivity index (χ4v) is 7.01. The molecule has 26 nitrogen and oxygen atoms in total. The van der Waals surface area contributed by atoms with Gasteiger partial charge in [-0.05, 0) is 0 Å². The van der Waals surface area contributed by atoms with Crippen molar-refractivity contribution in [2.75, 3.05) is 33.0 Å². The predicted molar refractivity (Wildman–Crippen MR) is 167 cm³/mol. The quantitative estimate of drug-likeness (QED) is 0.0819. The highest BCUT2D eigenvalue weighted by Crippen LogP contribution is 2.36. The number of hydrogen-bond acceptors (Lipinski definition) is 26. The van der Waals surface area contributed by atoms with E-state index < -0.39 is 187 Å². The zero-order chi connectivity index (χ0) is 41.3. The summed E-state index contributed by atoms with van der Waals surface area (Å²) in [5.74, 6) is 0. The van der Waals surface area contributed by atoms with Gasteiger partial charge in [-0.3, -0.25) is 0 Å². The molecule has 0 aromatic heterocycles. The van der Waals surface area contributed by atoms with Crippen LogP contribution in [0, 0.1) is 0 Å². The molecule has 0 amide bonds. The van der Waals surface area contributed by atoms with Crippen molar-refractivity contribution < 1.29 is 129 Å². The average Bonchev–Trinajstić information content (AvgIpc) is 3.19. The first-order valence-electron chi connectivity index (χ1n) is 17.6. The summed E-state index contributed by atoms with van der Waals surface area (Å²) in [5.41, 5.74) is 0. The van der Waals surface area contributed by atoms with E-state index in [-0.39, 0.29) is 0 Å². The largest absolute Gasteiger partial charge is 0.394 e. The van der Waals surface area contributed by atoms with Crippen molar-refractivity contribution in [1.82, 2.24) is 0 Å². The summed E-state index contributed by atoms with van der Waals surface area (Å²) in [6.07, 6.45) is -47.1. The summed E-state index contributed by atoms with van der Waals surface area (Å²) in [7, 11) is 0. The van der Waals surface area contributed by atoms with Crippen LogP contribution in [0.15, 0.2) is 0 Å². The van der Waals surface area contributed by atoms with Crippen molar-refractivity contribution in [3.8, 4) is 0 Å². The minimum Gasteiger partial charge on any atom is -0.394 e. The Bertz CT molecular complexity index is 1200. The Balaban J connectivity index is 1.39. The summed E-state index contributed by atoms with van der Waals surface area (Å²) < 4.78 is 49.9. The Morgan fingerprint density at radius 3 is 1.00 bits per heavy atom. The Labute approximate surface area is 316 Å². The van der Waals surface area contributed by atoms with Crippen molar-refractivity contribution >= 4 is 0 Å². The normalized spacial score (nSPS) is 53.2. The van der Waals surface area contributed by atoms with Crippen LogP contribution in [-0.2, 0) is 42.6 Å². The van der Waals surface area contributed by atoms with Gasteiger partial charge in [-0.25, -0.2) is 0 Å². The monoisotopic (exact) mass is 828 g/mol. The lowest BCUT2D eigenvalue weighted by atomic mass is 9.95. The van der Waals surface area contributed by atoms with Gasteiger partial charge < -0.3 is 129 Å². The lowest BCUT2D eigenvalue weighted by molar-refractivity contribution is -0.405. The summed E-state index contributed by atoms with van der Waals surface area (Å²) in [6, 6.07) is 0. The minimum absolute atomic E-state index is 0.830.